The smallest absolute Gasteiger partial charge is 0.241 e. The molecule has 6 nitrogen and oxygen atoms in total. The number of carbonyl (C=O) groups excluding carboxylic acids is 1. The molecule has 1 aliphatic heterocycles. The van der Waals surface area contributed by atoms with Crippen molar-refractivity contribution in [3.63, 3.8) is 0 Å². The number of para-hydroxylation sites is 1. The third kappa shape index (κ3) is 3.84. The van der Waals surface area contributed by atoms with Crippen molar-refractivity contribution in [2.75, 3.05) is 33.0 Å². The van der Waals surface area contributed by atoms with Gasteiger partial charge in [0.25, 0.3) is 0 Å². The van der Waals surface area contributed by atoms with Crippen LogP contribution in [0, 0.1) is 0 Å². The fourth-order valence-corrected chi connectivity index (χ4v) is 4.33. The van der Waals surface area contributed by atoms with Crippen molar-refractivity contribution in [1.29, 1.82) is 0 Å². The van der Waals surface area contributed by atoms with Crippen LogP contribution in [-0.4, -0.2) is 52.1 Å². The molecule has 0 radical (unpaired) electrons. The molecule has 1 aromatic carbocycles. The number of methoxy groups -OCH3 is 1. The molecule has 0 spiro atoms. The van der Waals surface area contributed by atoms with E-state index in [4.69, 9.17) is 4.74 Å². The lowest BCUT2D eigenvalue weighted by molar-refractivity contribution is -0.124. The Morgan fingerprint density at radius 3 is 2.57 bits per heavy atom. The maximum atomic E-state index is 12.6. The third-order valence-electron chi connectivity index (χ3n) is 4.41. The van der Waals surface area contributed by atoms with Gasteiger partial charge in [0.05, 0.1) is 7.11 Å². The monoisotopic (exact) mass is 340 g/mol. The van der Waals surface area contributed by atoms with Gasteiger partial charge in [0.2, 0.25) is 5.91 Å². The van der Waals surface area contributed by atoms with E-state index in [-0.39, 0.29) is 0 Å². The first kappa shape index (κ1) is 17.7. The van der Waals surface area contributed by atoms with Crippen LogP contribution in [0.4, 0.5) is 0 Å². The van der Waals surface area contributed by atoms with Crippen molar-refractivity contribution in [2.24, 2.45) is 0 Å². The summed E-state index contributed by atoms with van der Waals surface area (Å²) in [5.41, 5.74) is 0.981. The van der Waals surface area contributed by atoms with Gasteiger partial charge < -0.3 is 15.4 Å². The van der Waals surface area contributed by atoms with E-state index in [0.29, 0.717) is 38.9 Å². The van der Waals surface area contributed by atoms with Crippen molar-refractivity contribution in [3.8, 4) is 5.75 Å². The zero-order valence-corrected chi connectivity index (χ0v) is 14.4. The Balaban J connectivity index is 2.03. The van der Waals surface area contributed by atoms with E-state index in [1.165, 1.54) is 0 Å². The van der Waals surface area contributed by atoms with Gasteiger partial charge in [-0.3, -0.25) is 4.79 Å². The first-order chi connectivity index (χ1) is 10.9. The van der Waals surface area contributed by atoms with Crippen LogP contribution in [0.25, 0.3) is 0 Å². The summed E-state index contributed by atoms with van der Waals surface area (Å²) in [6.07, 6.45) is 2.37. The Hall–Kier alpha value is -1.60. The quantitative estimate of drug-likeness (QED) is 0.789. The van der Waals surface area contributed by atoms with Crippen molar-refractivity contribution in [3.05, 3.63) is 29.8 Å². The number of carbonyl (C=O) groups is 1. The summed E-state index contributed by atoms with van der Waals surface area (Å²) >= 11 is 0. The Morgan fingerprint density at radius 2 is 1.96 bits per heavy atom. The predicted molar refractivity (Wildman–Crippen MR) is 89.4 cm³/mol. The van der Waals surface area contributed by atoms with E-state index in [1.807, 2.05) is 24.3 Å². The first-order valence-corrected chi connectivity index (χ1v) is 9.60. The lowest BCUT2D eigenvalue weighted by atomic mass is 9.95. The van der Waals surface area contributed by atoms with Gasteiger partial charge in [0, 0.05) is 12.8 Å². The summed E-state index contributed by atoms with van der Waals surface area (Å²) in [5.74, 6) is 0.373. The maximum absolute atomic E-state index is 12.6. The average molecular weight is 340 g/mol. The van der Waals surface area contributed by atoms with Gasteiger partial charge in [-0.2, -0.15) is 0 Å². The highest BCUT2D eigenvalue weighted by Gasteiger charge is 2.48. The Bertz CT molecular complexity index is 652. The molecule has 1 saturated heterocycles. The number of benzene rings is 1. The molecule has 2 rings (SSSR count). The summed E-state index contributed by atoms with van der Waals surface area (Å²) in [5, 5.41) is 5.90. The molecule has 0 aliphatic carbocycles. The van der Waals surface area contributed by atoms with E-state index in [0.717, 1.165) is 17.6 Å². The second-order valence-electron chi connectivity index (χ2n) is 5.83. The SMILES string of the molecule is COc1ccccc1CCNC(=O)C1(S(C)(=O)=O)CCNCC1. The molecule has 0 bridgehead atoms. The van der Waals surface area contributed by atoms with Crippen LogP contribution in [0.3, 0.4) is 0 Å². The van der Waals surface area contributed by atoms with Crippen LogP contribution in [0.1, 0.15) is 18.4 Å². The second kappa shape index (κ2) is 7.31. The summed E-state index contributed by atoms with van der Waals surface area (Å²) in [6, 6.07) is 7.59. The molecule has 0 atom stereocenters. The molecule has 2 N–H and O–H groups in total. The number of amides is 1. The summed E-state index contributed by atoms with van der Waals surface area (Å²) in [4.78, 5) is 12.6. The number of hydrogen-bond acceptors (Lipinski definition) is 5. The highest BCUT2D eigenvalue weighted by atomic mass is 32.2. The van der Waals surface area contributed by atoms with Crippen molar-refractivity contribution in [2.45, 2.75) is 24.0 Å². The number of ether oxygens (including phenoxy) is 1. The zero-order chi connectivity index (χ0) is 16.9. The van der Waals surface area contributed by atoms with E-state index < -0.39 is 20.5 Å². The Labute approximate surface area is 137 Å². The van der Waals surface area contributed by atoms with E-state index in [9.17, 15) is 13.2 Å². The molecule has 0 unspecified atom stereocenters. The number of nitrogens with one attached hydrogen (secondary N) is 2. The van der Waals surface area contributed by atoms with E-state index in [1.54, 1.807) is 7.11 Å². The van der Waals surface area contributed by atoms with E-state index >= 15 is 0 Å². The van der Waals surface area contributed by atoms with Crippen molar-refractivity contribution in [1.82, 2.24) is 10.6 Å². The van der Waals surface area contributed by atoms with Crippen LogP contribution >= 0.6 is 0 Å². The van der Waals surface area contributed by atoms with Gasteiger partial charge in [-0.25, -0.2) is 8.42 Å². The molecule has 0 aromatic heterocycles. The second-order valence-corrected chi connectivity index (χ2v) is 8.16. The number of sulfone groups is 1. The Kier molecular flexibility index (Phi) is 5.64. The first-order valence-electron chi connectivity index (χ1n) is 7.71. The van der Waals surface area contributed by atoms with Crippen LogP contribution < -0.4 is 15.4 Å². The Morgan fingerprint density at radius 1 is 1.30 bits per heavy atom. The molecule has 0 saturated carbocycles. The van der Waals surface area contributed by atoms with Crippen LogP contribution in [-0.2, 0) is 21.1 Å². The average Bonchev–Trinajstić information content (AvgIpc) is 2.54. The highest BCUT2D eigenvalue weighted by molar-refractivity contribution is 7.92. The topological polar surface area (TPSA) is 84.5 Å². The summed E-state index contributed by atoms with van der Waals surface area (Å²) in [6.45, 7) is 1.45. The predicted octanol–water partition coefficient (Wildman–Crippen LogP) is 0.521. The minimum Gasteiger partial charge on any atom is -0.496 e. The summed E-state index contributed by atoms with van der Waals surface area (Å²) < 4.78 is 28.3. The standard InChI is InChI=1S/C16H24N2O4S/c1-22-14-6-4-3-5-13(14)7-10-18-15(19)16(23(2,20)21)8-11-17-12-9-16/h3-6,17H,7-12H2,1-2H3,(H,18,19). The number of hydrogen-bond donors (Lipinski definition) is 2. The molecule has 1 aliphatic rings. The largest absolute Gasteiger partial charge is 0.496 e. The van der Waals surface area contributed by atoms with E-state index in [2.05, 4.69) is 10.6 Å². The maximum Gasteiger partial charge on any atom is 0.241 e. The van der Waals surface area contributed by atoms with Crippen molar-refractivity contribution < 1.29 is 17.9 Å². The molecule has 1 heterocycles. The molecule has 23 heavy (non-hydrogen) atoms. The minimum atomic E-state index is -3.47. The van der Waals surface area contributed by atoms with Gasteiger partial charge in [-0.15, -0.1) is 0 Å². The fraction of sp³-hybridized carbons (Fsp3) is 0.562. The number of piperidine rings is 1. The molecule has 128 valence electrons. The molecule has 1 amide bonds. The lowest BCUT2D eigenvalue weighted by Crippen LogP contribution is -2.57. The van der Waals surface area contributed by atoms with Crippen LogP contribution in [0.15, 0.2) is 24.3 Å². The molecule has 1 aromatic rings. The zero-order valence-electron chi connectivity index (χ0n) is 13.6. The molecule has 1 fully saturated rings. The molecular formula is C16H24N2O4S. The van der Waals surface area contributed by atoms with Crippen LogP contribution in [0.5, 0.6) is 5.75 Å². The van der Waals surface area contributed by atoms with Gasteiger partial charge in [-0.05, 0) is 44.0 Å². The molecule has 7 heteroatoms. The third-order valence-corrected chi connectivity index (χ3v) is 6.42. The van der Waals surface area contributed by atoms with Gasteiger partial charge in [0.1, 0.15) is 5.75 Å². The van der Waals surface area contributed by atoms with Gasteiger partial charge in [0.15, 0.2) is 14.6 Å². The minimum absolute atomic E-state index is 0.312. The summed E-state index contributed by atoms with van der Waals surface area (Å²) in [7, 11) is -1.87. The lowest BCUT2D eigenvalue weighted by Gasteiger charge is -2.34. The fourth-order valence-electron chi connectivity index (χ4n) is 2.98. The van der Waals surface area contributed by atoms with Crippen molar-refractivity contribution >= 4 is 15.7 Å². The van der Waals surface area contributed by atoms with Gasteiger partial charge in [-0.1, -0.05) is 18.2 Å². The normalized spacial score (nSPS) is 17.5. The van der Waals surface area contributed by atoms with Gasteiger partial charge >= 0.3 is 0 Å². The number of rotatable bonds is 6. The highest BCUT2D eigenvalue weighted by Crippen LogP contribution is 2.28. The molecular weight excluding hydrogens is 316 g/mol. The van der Waals surface area contributed by atoms with Crippen LogP contribution in [0.2, 0.25) is 0 Å².